The first kappa shape index (κ1) is 7.70. The van der Waals surface area contributed by atoms with Crippen molar-refractivity contribution in [1.29, 1.82) is 0 Å². The molecule has 1 unspecified atom stereocenters. The zero-order valence-corrected chi connectivity index (χ0v) is 10.9. The van der Waals surface area contributed by atoms with Crippen LogP contribution in [0.4, 0.5) is 5.69 Å². The fourth-order valence-corrected chi connectivity index (χ4v) is 1.81. The molecule has 4 heteroatoms. The normalized spacial score (nSPS) is 19.3. The topological polar surface area (TPSA) is 60.2 Å². The highest BCUT2D eigenvalue weighted by Crippen LogP contribution is 2.28. The summed E-state index contributed by atoms with van der Waals surface area (Å²) in [6.45, 7) is -1.42. The first-order valence-corrected chi connectivity index (χ1v) is 5.90. The Morgan fingerprint density at radius 1 is 1.53 bits per heavy atom. The molecular formula is C15H21N3O. The average molecular weight is 265 g/mol. The van der Waals surface area contributed by atoms with Crippen LogP contribution in [0.25, 0.3) is 10.9 Å². The van der Waals surface area contributed by atoms with Crippen LogP contribution >= 0.6 is 0 Å². The molecule has 1 aromatic carbocycles. The summed E-state index contributed by atoms with van der Waals surface area (Å²) >= 11 is 0. The number of hydrogen-bond acceptors (Lipinski definition) is 4. The maximum Gasteiger partial charge on any atom is 0.121 e. The summed E-state index contributed by atoms with van der Waals surface area (Å²) in [5.41, 5.74) is 6.25. The van der Waals surface area contributed by atoms with Crippen molar-refractivity contribution in [3.05, 3.63) is 30.5 Å². The highest BCUT2D eigenvalue weighted by Gasteiger charge is 2.08. The standard InChI is InChI=1S/C15H21N3O/c1-11(5-3-7-16)18-14-10-13(19-2)9-12-6-4-8-17-15(12)14/h4,6,8-11,18H,3,5,7,16H2,1-2H3/i3D2,5D2,7D2. The minimum Gasteiger partial charge on any atom is -0.497 e. The predicted molar refractivity (Wildman–Crippen MR) is 79.7 cm³/mol. The molecule has 0 saturated carbocycles. The second-order valence-electron chi connectivity index (χ2n) is 4.03. The molecule has 3 N–H and O–H groups in total. The molecule has 0 amide bonds. The first-order chi connectivity index (χ1) is 11.4. The molecule has 0 aliphatic heterocycles. The minimum absolute atomic E-state index is 0.458. The Hall–Kier alpha value is -1.81. The molecule has 0 aliphatic rings. The van der Waals surface area contributed by atoms with E-state index >= 15 is 0 Å². The minimum atomic E-state index is -2.92. The van der Waals surface area contributed by atoms with Gasteiger partial charge < -0.3 is 15.8 Å². The van der Waals surface area contributed by atoms with Gasteiger partial charge in [-0.1, -0.05) is 6.07 Å². The van der Waals surface area contributed by atoms with Gasteiger partial charge in [-0.2, -0.15) is 0 Å². The van der Waals surface area contributed by atoms with Crippen molar-refractivity contribution in [2.24, 2.45) is 5.73 Å². The van der Waals surface area contributed by atoms with E-state index in [9.17, 15) is 0 Å². The molecule has 19 heavy (non-hydrogen) atoms. The van der Waals surface area contributed by atoms with Gasteiger partial charge in [0, 0.05) is 31.9 Å². The molecule has 0 saturated heterocycles. The molecular weight excluding hydrogens is 238 g/mol. The Kier molecular flexibility index (Phi) is 2.59. The molecule has 1 aromatic heterocycles. The number of anilines is 1. The first-order valence-electron chi connectivity index (χ1n) is 8.90. The van der Waals surface area contributed by atoms with Crippen LogP contribution in [0.2, 0.25) is 0 Å². The van der Waals surface area contributed by atoms with E-state index in [1.54, 1.807) is 24.4 Å². The lowest BCUT2D eigenvalue weighted by Crippen LogP contribution is -2.17. The Morgan fingerprint density at radius 2 is 2.37 bits per heavy atom. The summed E-state index contributed by atoms with van der Waals surface area (Å²) < 4.78 is 52.0. The van der Waals surface area contributed by atoms with Crippen LogP contribution in [0.15, 0.2) is 30.5 Å². The van der Waals surface area contributed by atoms with Gasteiger partial charge in [0.15, 0.2) is 0 Å². The number of methoxy groups -OCH3 is 1. The third-order valence-electron chi connectivity index (χ3n) is 2.65. The number of nitrogens with one attached hydrogen (secondary N) is 1. The fraction of sp³-hybridized carbons (Fsp3) is 0.400. The van der Waals surface area contributed by atoms with E-state index < -0.39 is 25.3 Å². The van der Waals surface area contributed by atoms with Crippen molar-refractivity contribution in [3.63, 3.8) is 0 Å². The largest absolute Gasteiger partial charge is 0.497 e. The third-order valence-corrected chi connectivity index (χ3v) is 2.65. The molecule has 0 spiro atoms. The van der Waals surface area contributed by atoms with Crippen molar-refractivity contribution >= 4 is 16.6 Å². The molecule has 0 fully saturated rings. The quantitative estimate of drug-likeness (QED) is 0.843. The van der Waals surface area contributed by atoms with Crippen molar-refractivity contribution in [3.8, 4) is 5.75 Å². The summed E-state index contributed by atoms with van der Waals surface area (Å²) in [6, 6.07) is 5.90. The van der Waals surface area contributed by atoms with Gasteiger partial charge in [-0.05, 0) is 38.3 Å². The second-order valence-corrected chi connectivity index (χ2v) is 4.03. The SMILES string of the molecule is [2H]C([2H])(N)C([2H])([2H])C([2H])([2H])C(C)Nc1cc(OC)cc2cccnc12. The van der Waals surface area contributed by atoms with Crippen LogP contribution in [0.5, 0.6) is 5.75 Å². The van der Waals surface area contributed by atoms with Gasteiger partial charge in [-0.3, -0.25) is 4.98 Å². The smallest absolute Gasteiger partial charge is 0.121 e. The van der Waals surface area contributed by atoms with Gasteiger partial charge in [0.1, 0.15) is 5.75 Å². The summed E-state index contributed by atoms with van der Waals surface area (Å²) in [7, 11) is 1.51. The molecule has 0 bridgehead atoms. The summed E-state index contributed by atoms with van der Waals surface area (Å²) in [5, 5.41) is 3.67. The molecule has 4 nitrogen and oxygen atoms in total. The number of ether oxygens (including phenoxy) is 1. The molecule has 0 radical (unpaired) electrons. The summed E-state index contributed by atoms with van der Waals surface area (Å²) in [5.74, 6) is 0.535. The van der Waals surface area contributed by atoms with E-state index in [4.69, 9.17) is 18.7 Å². The summed E-state index contributed by atoms with van der Waals surface area (Å²) in [6.07, 6.45) is -3.93. The number of hydrogen-bond donors (Lipinski definition) is 2. The zero-order chi connectivity index (χ0) is 19.0. The molecule has 0 aliphatic carbocycles. The Bertz CT molecular complexity index is 763. The van der Waals surface area contributed by atoms with Crippen molar-refractivity contribution < 1.29 is 13.0 Å². The van der Waals surface area contributed by atoms with Crippen LogP contribution in [-0.4, -0.2) is 24.6 Å². The highest BCUT2D eigenvalue weighted by molar-refractivity contribution is 5.91. The van der Waals surface area contributed by atoms with Gasteiger partial charge in [0.05, 0.1) is 18.3 Å². The lowest BCUT2D eigenvalue weighted by atomic mass is 10.1. The lowest BCUT2D eigenvalue weighted by Gasteiger charge is -2.17. The van der Waals surface area contributed by atoms with Gasteiger partial charge in [-0.25, -0.2) is 0 Å². The van der Waals surface area contributed by atoms with E-state index in [2.05, 4.69) is 10.3 Å². The predicted octanol–water partition coefficient (Wildman–Crippen LogP) is 2.78. The average Bonchev–Trinajstić information content (AvgIpc) is 2.53. The molecule has 102 valence electrons. The van der Waals surface area contributed by atoms with E-state index in [-0.39, 0.29) is 0 Å². The van der Waals surface area contributed by atoms with Crippen LogP contribution < -0.4 is 15.8 Å². The molecule has 2 rings (SSSR count). The van der Waals surface area contributed by atoms with Gasteiger partial charge in [0.25, 0.3) is 0 Å². The van der Waals surface area contributed by atoms with Crippen molar-refractivity contribution in [1.82, 2.24) is 4.98 Å². The number of fused-ring (bicyclic) bond motifs is 1. The zero-order valence-electron chi connectivity index (χ0n) is 16.9. The maximum absolute atomic E-state index is 8.10. The van der Waals surface area contributed by atoms with Gasteiger partial charge in [-0.15, -0.1) is 0 Å². The molecule has 2 aromatic rings. The van der Waals surface area contributed by atoms with Gasteiger partial charge >= 0.3 is 0 Å². The van der Waals surface area contributed by atoms with E-state index in [0.717, 1.165) is 5.39 Å². The fourth-order valence-electron chi connectivity index (χ4n) is 1.81. The van der Waals surface area contributed by atoms with E-state index in [1.165, 1.54) is 14.0 Å². The highest BCUT2D eigenvalue weighted by atomic mass is 16.5. The van der Waals surface area contributed by atoms with E-state index in [0.29, 0.717) is 17.0 Å². The van der Waals surface area contributed by atoms with E-state index in [1.807, 2.05) is 6.07 Å². The number of nitrogens with zero attached hydrogens (tertiary/aromatic N) is 1. The van der Waals surface area contributed by atoms with Crippen LogP contribution in [-0.2, 0) is 0 Å². The lowest BCUT2D eigenvalue weighted by molar-refractivity contribution is 0.415. The summed E-state index contributed by atoms with van der Waals surface area (Å²) in [4.78, 5) is 4.27. The van der Waals surface area contributed by atoms with Gasteiger partial charge in [0.2, 0.25) is 0 Å². The van der Waals surface area contributed by atoms with Crippen LogP contribution in [0.3, 0.4) is 0 Å². The van der Waals surface area contributed by atoms with Crippen molar-refractivity contribution in [2.75, 3.05) is 18.9 Å². The van der Waals surface area contributed by atoms with Crippen LogP contribution in [0, 0.1) is 0 Å². The Morgan fingerprint density at radius 3 is 3.11 bits per heavy atom. The van der Waals surface area contributed by atoms with Crippen LogP contribution in [0.1, 0.15) is 27.9 Å². The number of rotatable bonds is 6. The number of benzene rings is 1. The molecule has 1 atom stereocenters. The van der Waals surface area contributed by atoms with Crippen molar-refractivity contribution in [2.45, 2.75) is 25.7 Å². The monoisotopic (exact) mass is 265 g/mol. The Labute approximate surface area is 122 Å². The molecule has 1 heterocycles. The number of nitrogens with two attached hydrogens (primary N) is 1. The third kappa shape index (κ3) is 3.35. The number of pyridine rings is 1. The second kappa shape index (κ2) is 6.38. The maximum atomic E-state index is 8.10. The Balaban J connectivity index is 2.44. The number of aromatic nitrogens is 1.